The Morgan fingerprint density at radius 2 is 1.68 bits per heavy atom. The van der Waals surface area contributed by atoms with Crippen molar-refractivity contribution >= 4 is 5.78 Å². The van der Waals surface area contributed by atoms with Crippen LogP contribution in [-0.2, 0) is 17.8 Å². The van der Waals surface area contributed by atoms with Crippen LogP contribution in [0.5, 0.6) is 0 Å². The second-order valence-corrected chi connectivity index (χ2v) is 6.00. The lowest BCUT2D eigenvalue weighted by Gasteiger charge is -2.28. The van der Waals surface area contributed by atoms with Gasteiger partial charge in [-0.1, -0.05) is 49.9 Å². The van der Waals surface area contributed by atoms with Crippen molar-refractivity contribution in [3.8, 4) is 0 Å². The topological polar surface area (TPSA) is 29.1 Å². The van der Waals surface area contributed by atoms with Crippen LogP contribution in [-0.4, -0.2) is 11.8 Å². The normalized spacial score (nSPS) is 24.5. The predicted molar refractivity (Wildman–Crippen MR) is 77.0 cm³/mol. The average molecular weight is 257 g/mol. The van der Waals surface area contributed by atoms with Crippen LogP contribution in [0.3, 0.4) is 0 Å². The molecule has 2 aliphatic rings. The fourth-order valence-corrected chi connectivity index (χ4v) is 3.50. The summed E-state index contributed by atoms with van der Waals surface area (Å²) in [7, 11) is 0. The molecule has 1 N–H and O–H groups in total. The Kier molecular flexibility index (Phi) is 3.97. The second kappa shape index (κ2) is 5.87. The van der Waals surface area contributed by atoms with Crippen LogP contribution in [0.25, 0.3) is 0 Å². The van der Waals surface area contributed by atoms with Crippen molar-refractivity contribution in [3.05, 3.63) is 35.4 Å². The predicted octanol–water partition coefficient (Wildman–Crippen LogP) is 3.24. The molecule has 102 valence electrons. The molecular weight excluding hydrogens is 234 g/mol. The van der Waals surface area contributed by atoms with Gasteiger partial charge in [-0.2, -0.15) is 0 Å². The molecular formula is C17H23NO. The molecule has 0 radical (unpaired) electrons. The first kappa shape index (κ1) is 12.9. The van der Waals surface area contributed by atoms with Gasteiger partial charge in [0.2, 0.25) is 0 Å². The molecule has 1 aliphatic carbocycles. The van der Waals surface area contributed by atoms with Crippen molar-refractivity contribution in [2.45, 2.75) is 57.5 Å². The molecule has 0 bridgehead atoms. The molecule has 1 aliphatic heterocycles. The van der Waals surface area contributed by atoms with E-state index in [0.29, 0.717) is 11.7 Å². The van der Waals surface area contributed by atoms with E-state index < -0.39 is 0 Å². The van der Waals surface area contributed by atoms with Gasteiger partial charge in [-0.25, -0.2) is 0 Å². The third kappa shape index (κ3) is 2.89. The minimum absolute atomic E-state index is 0.0537. The van der Waals surface area contributed by atoms with Gasteiger partial charge in [-0.3, -0.25) is 4.79 Å². The van der Waals surface area contributed by atoms with E-state index in [9.17, 15) is 4.79 Å². The molecule has 1 saturated carbocycles. The van der Waals surface area contributed by atoms with E-state index in [1.165, 1.54) is 36.8 Å². The molecule has 1 fully saturated rings. The molecule has 2 heteroatoms. The quantitative estimate of drug-likeness (QED) is 0.824. The van der Waals surface area contributed by atoms with Crippen molar-refractivity contribution in [1.29, 1.82) is 0 Å². The molecule has 0 saturated heterocycles. The number of hydrogen-bond donors (Lipinski definition) is 1. The van der Waals surface area contributed by atoms with Gasteiger partial charge in [0, 0.05) is 12.5 Å². The minimum Gasteiger partial charge on any atom is -0.303 e. The van der Waals surface area contributed by atoms with Gasteiger partial charge < -0.3 is 5.32 Å². The monoisotopic (exact) mass is 257 g/mol. The molecule has 0 spiro atoms. The number of carbonyl (C=O) groups is 1. The van der Waals surface area contributed by atoms with Crippen molar-refractivity contribution in [1.82, 2.24) is 5.32 Å². The molecule has 3 rings (SSSR count). The fraction of sp³-hybridized carbons (Fsp3) is 0.588. The molecule has 1 aromatic carbocycles. The van der Waals surface area contributed by atoms with E-state index in [-0.39, 0.29) is 6.04 Å². The number of rotatable bonds is 2. The smallest absolute Gasteiger partial charge is 0.153 e. The lowest BCUT2D eigenvalue weighted by molar-refractivity contribution is -0.125. The Labute approximate surface area is 115 Å². The van der Waals surface area contributed by atoms with Crippen LogP contribution in [0.15, 0.2) is 24.3 Å². The summed E-state index contributed by atoms with van der Waals surface area (Å²) in [5.74, 6) is 0.779. The van der Waals surface area contributed by atoms with Crippen LogP contribution in [0.4, 0.5) is 0 Å². The molecule has 0 aromatic heterocycles. The number of fused-ring (bicyclic) bond motifs is 1. The number of nitrogens with one attached hydrogen (secondary N) is 1. The van der Waals surface area contributed by atoms with Crippen LogP contribution >= 0.6 is 0 Å². The van der Waals surface area contributed by atoms with Crippen LogP contribution in [0.1, 0.15) is 49.7 Å². The highest BCUT2D eigenvalue weighted by Crippen LogP contribution is 2.26. The van der Waals surface area contributed by atoms with E-state index in [1.54, 1.807) is 0 Å². The first-order valence-corrected chi connectivity index (χ1v) is 7.68. The van der Waals surface area contributed by atoms with Crippen molar-refractivity contribution in [2.24, 2.45) is 5.92 Å². The van der Waals surface area contributed by atoms with Crippen molar-refractivity contribution in [3.63, 3.8) is 0 Å². The lowest BCUT2D eigenvalue weighted by atomic mass is 9.85. The third-order valence-corrected chi connectivity index (χ3v) is 4.68. The van der Waals surface area contributed by atoms with Gasteiger partial charge in [-0.15, -0.1) is 0 Å². The Morgan fingerprint density at radius 3 is 2.42 bits per heavy atom. The maximum atomic E-state index is 12.7. The zero-order chi connectivity index (χ0) is 13.1. The van der Waals surface area contributed by atoms with E-state index in [4.69, 9.17) is 0 Å². The van der Waals surface area contributed by atoms with Gasteiger partial charge in [0.15, 0.2) is 5.78 Å². The molecule has 1 heterocycles. The fourth-order valence-electron chi connectivity index (χ4n) is 3.50. The standard InChI is InChI=1S/C17H23NO/c19-17(13-7-3-1-2-4-8-13)16-11-14-9-5-6-10-15(14)12-18-16/h5-6,9-10,13,16,18H,1-4,7-8,11-12H2. The average Bonchev–Trinajstić information content (AvgIpc) is 2.75. The van der Waals surface area contributed by atoms with Gasteiger partial charge in [0.1, 0.15) is 0 Å². The summed E-state index contributed by atoms with van der Waals surface area (Å²) in [4.78, 5) is 12.7. The minimum atomic E-state index is 0.0537. The Hall–Kier alpha value is -1.15. The van der Waals surface area contributed by atoms with E-state index in [1.807, 2.05) is 0 Å². The van der Waals surface area contributed by atoms with E-state index in [2.05, 4.69) is 29.6 Å². The number of benzene rings is 1. The molecule has 1 atom stereocenters. The van der Waals surface area contributed by atoms with Gasteiger partial charge in [-0.05, 0) is 30.4 Å². The highest BCUT2D eigenvalue weighted by molar-refractivity contribution is 5.87. The Bertz CT molecular complexity index is 446. The van der Waals surface area contributed by atoms with Gasteiger partial charge >= 0.3 is 0 Å². The Morgan fingerprint density at radius 1 is 1.00 bits per heavy atom. The summed E-state index contributed by atoms with van der Waals surface area (Å²) in [6.07, 6.45) is 8.19. The summed E-state index contributed by atoms with van der Waals surface area (Å²) in [6.45, 7) is 0.847. The van der Waals surface area contributed by atoms with Gasteiger partial charge in [0.05, 0.1) is 6.04 Å². The summed E-state index contributed by atoms with van der Waals surface area (Å²) in [5, 5.41) is 3.44. The van der Waals surface area contributed by atoms with E-state index >= 15 is 0 Å². The first-order chi connectivity index (χ1) is 9.34. The van der Waals surface area contributed by atoms with Crippen LogP contribution < -0.4 is 5.32 Å². The van der Waals surface area contributed by atoms with E-state index in [0.717, 1.165) is 25.8 Å². The molecule has 1 aromatic rings. The van der Waals surface area contributed by atoms with Gasteiger partial charge in [0.25, 0.3) is 0 Å². The van der Waals surface area contributed by atoms with Crippen molar-refractivity contribution < 1.29 is 4.79 Å². The number of Topliss-reactive ketones (excluding diaryl/α,β-unsaturated/α-hetero) is 1. The zero-order valence-corrected chi connectivity index (χ0v) is 11.5. The largest absolute Gasteiger partial charge is 0.303 e. The molecule has 1 unspecified atom stereocenters. The maximum Gasteiger partial charge on any atom is 0.153 e. The summed E-state index contributed by atoms with van der Waals surface area (Å²) in [5.41, 5.74) is 2.71. The summed E-state index contributed by atoms with van der Waals surface area (Å²) in [6, 6.07) is 8.54. The summed E-state index contributed by atoms with van der Waals surface area (Å²) >= 11 is 0. The summed E-state index contributed by atoms with van der Waals surface area (Å²) < 4.78 is 0. The highest BCUT2D eigenvalue weighted by atomic mass is 16.1. The maximum absolute atomic E-state index is 12.7. The third-order valence-electron chi connectivity index (χ3n) is 4.68. The number of ketones is 1. The van der Waals surface area contributed by atoms with Crippen molar-refractivity contribution in [2.75, 3.05) is 0 Å². The number of hydrogen-bond acceptors (Lipinski definition) is 2. The zero-order valence-electron chi connectivity index (χ0n) is 11.5. The molecule has 19 heavy (non-hydrogen) atoms. The molecule has 0 amide bonds. The SMILES string of the molecule is O=C(C1CCCCCC1)C1Cc2ccccc2CN1. The van der Waals surface area contributed by atoms with Crippen LogP contribution in [0, 0.1) is 5.92 Å². The molecule has 2 nitrogen and oxygen atoms in total. The lowest BCUT2D eigenvalue weighted by Crippen LogP contribution is -2.44. The highest BCUT2D eigenvalue weighted by Gasteiger charge is 2.29. The first-order valence-electron chi connectivity index (χ1n) is 7.68. The number of carbonyl (C=O) groups excluding carboxylic acids is 1. The Balaban J connectivity index is 1.68. The second-order valence-electron chi connectivity index (χ2n) is 6.00. The van der Waals surface area contributed by atoms with Crippen LogP contribution in [0.2, 0.25) is 0 Å².